The molecule has 3 rings (SSSR count). The van der Waals surface area contributed by atoms with Gasteiger partial charge in [-0.3, -0.25) is 0 Å². The smallest absolute Gasteiger partial charge is 0.243 e. The second kappa shape index (κ2) is 4.67. The summed E-state index contributed by atoms with van der Waals surface area (Å²) < 4.78 is 28.6. The highest BCUT2D eigenvalue weighted by Gasteiger charge is 2.28. The molecule has 4 nitrogen and oxygen atoms in total. The lowest BCUT2D eigenvalue weighted by Crippen LogP contribution is -2.37. The number of rotatable bonds is 2. The van der Waals surface area contributed by atoms with E-state index in [0.29, 0.717) is 24.7 Å². The summed E-state index contributed by atoms with van der Waals surface area (Å²) in [5.41, 5.74) is 1.01. The molecule has 19 heavy (non-hydrogen) atoms. The lowest BCUT2D eigenvalue weighted by Gasteiger charge is -2.27. The van der Waals surface area contributed by atoms with Crippen molar-refractivity contribution in [3.05, 3.63) is 53.3 Å². The molecule has 1 aliphatic heterocycles. The molecule has 0 saturated heterocycles. The maximum Gasteiger partial charge on any atom is 0.243 e. The van der Waals surface area contributed by atoms with E-state index in [1.165, 1.54) is 10.4 Å². The standard InChI is InChI=1S/C13H13ClN2O2S/c14-11-3-1-5-13(9-11)19(17,18)16-8-7-15-6-2-4-12(15)10-16/h1-6,9H,7-8,10H2. The van der Waals surface area contributed by atoms with Crippen LogP contribution in [0, 0.1) is 0 Å². The van der Waals surface area contributed by atoms with E-state index in [1.807, 2.05) is 18.3 Å². The molecule has 1 aliphatic rings. The fourth-order valence-corrected chi connectivity index (χ4v) is 3.98. The topological polar surface area (TPSA) is 42.3 Å². The van der Waals surface area contributed by atoms with Gasteiger partial charge in [0, 0.05) is 30.0 Å². The van der Waals surface area contributed by atoms with Crippen molar-refractivity contribution >= 4 is 21.6 Å². The molecule has 1 aromatic heterocycles. The summed E-state index contributed by atoms with van der Waals surface area (Å²) in [7, 11) is -3.47. The number of sulfonamides is 1. The zero-order chi connectivity index (χ0) is 13.5. The van der Waals surface area contributed by atoms with Gasteiger partial charge in [-0.05, 0) is 30.3 Å². The predicted molar refractivity (Wildman–Crippen MR) is 73.5 cm³/mol. The van der Waals surface area contributed by atoms with Gasteiger partial charge in [0.1, 0.15) is 0 Å². The molecule has 0 spiro atoms. The van der Waals surface area contributed by atoms with E-state index < -0.39 is 10.0 Å². The molecule has 0 radical (unpaired) electrons. The van der Waals surface area contributed by atoms with Gasteiger partial charge < -0.3 is 4.57 Å². The Morgan fingerprint density at radius 3 is 2.74 bits per heavy atom. The van der Waals surface area contributed by atoms with Crippen molar-refractivity contribution in [2.75, 3.05) is 6.54 Å². The highest BCUT2D eigenvalue weighted by atomic mass is 35.5. The quantitative estimate of drug-likeness (QED) is 0.854. The van der Waals surface area contributed by atoms with Gasteiger partial charge in [0.15, 0.2) is 0 Å². The first-order valence-electron chi connectivity index (χ1n) is 5.97. The average molecular weight is 297 g/mol. The van der Waals surface area contributed by atoms with Crippen LogP contribution in [0.2, 0.25) is 5.02 Å². The third kappa shape index (κ3) is 2.29. The molecule has 2 heterocycles. The Bertz CT molecular complexity index is 709. The number of halogens is 1. The minimum absolute atomic E-state index is 0.250. The first kappa shape index (κ1) is 12.7. The fourth-order valence-electron chi connectivity index (χ4n) is 2.27. The number of hydrogen-bond donors (Lipinski definition) is 0. The van der Waals surface area contributed by atoms with Crippen molar-refractivity contribution in [3.8, 4) is 0 Å². The summed E-state index contributed by atoms with van der Waals surface area (Å²) in [6, 6.07) is 10.3. The number of hydrogen-bond acceptors (Lipinski definition) is 2. The molecule has 100 valence electrons. The number of aromatic nitrogens is 1. The molecule has 0 bridgehead atoms. The molecule has 0 fully saturated rings. The van der Waals surface area contributed by atoms with Crippen LogP contribution in [0.15, 0.2) is 47.5 Å². The van der Waals surface area contributed by atoms with Crippen molar-refractivity contribution in [2.24, 2.45) is 0 Å². The normalized spacial score (nSPS) is 16.3. The Hall–Kier alpha value is -1.30. The molecule has 1 aromatic carbocycles. The predicted octanol–water partition coefficient (Wildman–Crippen LogP) is 2.35. The molecule has 0 amide bonds. The summed E-state index contributed by atoms with van der Waals surface area (Å²) in [5, 5.41) is 0.432. The summed E-state index contributed by atoms with van der Waals surface area (Å²) in [4.78, 5) is 0.250. The number of nitrogens with zero attached hydrogens (tertiary/aromatic N) is 2. The van der Waals surface area contributed by atoms with Crippen LogP contribution >= 0.6 is 11.6 Å². The Balaban J connectivity index is 1.94. The van der Waals surface area contributed by atoms with Crippen LogP contribution in [-0.4, -0.2) is 23.8 Å². The number of fused-ring (bicyclic) bond motifs is 1. The lowest BCUT2D eigenvalue weighted by molar-refractivity contribution is 0.341. The summed E-state index contributed by atoms with van der Waals surface area (Å²) in [5.74, 6) is 0. The Kier molecular flexibility index (Phi) is 3.12. The first-order chi connectivity index (χ1) is 9.07. The van der Waals surface area contributed by atoms with Gasteiger partial charge in [0.05, 0.1) is 11.4 Å². The number of benzene rings is 1. The Labute approximate surface area is 117 Å². The molecule has 0 atom stereocenters. The molecule has 0 saturated carbocycles. The minimum Gasteiger partial charge on any atom is -0.349 e. The zero-order valence-corrected chi connectivity index (χ0v) is 11.7. The maximum absolute atomic E-state index is 12.5. The van der Waals surface area contributed by atoms with Gasteiger partial charge in [-0.25, -0.2) is 8.42 Å². The van der Waals surface area contributed by atoms with Gasteiger partial charge in [-0.1, -0.05) is 17.7 Å². The van der Waals surface area contributed by atoms with Crippen molar-refractivity contribution < 1.29 is 8.42 Å². The van der Waals surface area contributed by atoms with Crippen LogP contribution in [0.25, 0.3) is 0 Å². The molecule has 0 aliphatic carbocycles. The van der Waals surface area contributed by atoms with Crippen molar-refractivity contribution in [3.63, 3.8) is 0 Å². The second-order valence-corrected chi connectivity index (χ2v) is 6.86. The van der Waals surface area contributed by atoms with Crippen LogP contribution in [0.3, 0.4) is 0 Å². The van der Waals surface area contributed by atoms with Crippen LogP contribution in [-0.2, 0) is 23.1 Å². The van der Waals surface area contributed by atoms with E-state index in [4.69, 9.17) is 11.6 Å². The third-order valence-corrected chi connectivity index (χ3v) is 5.36. The van der Waals surface area contributed by atoms with E-state index in [2.05, 4.69) is 4.57 Å². The highest BCUT2D eigenvalue weighted by Crippen LogP contribution is 2.23. The van der Waals surface area contributed by atoms with Crippen LogP contribution in [0.4, 0.5) is 0 Å². The zero-order valence-electron chi connectivity index (χ0n) is 10.2. The lowest BCUT2D eigenvalue weighted by atomic mass is 10.3. The van der Waals surface area contributed by atoms with E-state index in [9.17, 15) is 8.42 Å². The Morgan fingerprint density at radius 2 is 1.95 bits per heavy atom. The summed E-state index contributed by atoms with van der Waals surface area (Å²) in [6.45, 7) is 1.57. The third-order valence-electron chi connectivity index (χ3n) is 3.29. The minimum atomic E-state index is -3.47. The van der Waals surface area contributed by atoms with Crippen LogP contribution < -0.4 is 0 Å². The van der Waals surface area contributed by atoms with E-state index in [1.54, 1.807) is 18.2 Å². The van der Waals surface area contributed by atoms with E-state index in [-0.39, 0.29) is 4.90 Å². The second-order valence-electron chi connectivity index (χ2n) is 4.49. The van der Waals surface area contributed by atoms with Gasteiger partial charge in [0.2, 0.25) is 10.0 Å². The van der Waals surface area contributed by atoms with E-state index in [0.717, 1.165) is 5.69 Å². The molecule has 0 unspecified atom stereocenters. The largest absolute Gasteiger partial charge is 0.349 e. The SMILES string of the molecule is O=S(=O)(c1cccc(Cl)c1)N1CCn2cccc2C1. The molecule has 6 heteroatoms. The van der Waals surface area contributed by atoms with Gasteiger partial charge in [-0.15, -0.1) is 0 Å². The summed E-state index contributed by atoms with van der Waals surface area (Å²) in [6.07, 6.45) is 1.97. The monoisotopic (exact) mass is 296 g/mol. The average Bonchev–Trinajstić information content (AvgIpc) is 2.85. The first-order valence-corrected chi connectivity index (χ1v) is 7.79. The van der Waals surface area contributed by atoms with Crippen LogP contribution in [0.1, 0.15) is 5.69 Å². The van der Waals surface area contributed by atoms with Gasteiger partial charge in [-0.2, -0.15) is 4.31 Å². The molecular formula is C13H13ClN2O2S. The molecular weight excluding hydrogens is 284 g/mol. The fraction of sp³-hybridized carbons (Fsp3) is 0.231. The summed E-state index contributed by atoms with van der Waals surface area (Å²) >= 11 is 5.87. The van der Waals surface area contributed by atoms with Crippen molar-refractivity contribution in [1.82, 2.24) is 8.87 Å². The van der Waals surface area contributed by atoms with Crippen molar-refractivity contribution in [2.45, 2.75) is 18.0 Å². The van der Waals surface area contributed by atoms with Crippen molar-refractivity contribution in [1.29, 1.82) is 0 Å². The van der Waals surface area contributed by atoms with Gasteiger partial charge in [0.25, 0.3) is 0 Å². The van der Waals surface area contributed by atoms with E-state index >= 15 is 0 Å². The molecule has 2 aromatic rings. The highest BCUT2D eigenvalue weighted by molar-refractivity contribution is 7.89. The Morgan fingerprint density at radius 1 is 1.11 bits per heavy atom. The van der Waals surface area contributed by atoms with Gasteiger partial charge >= 0.3 is 0 Å². The van der Waals surface area contributed by atoms with Crippen LogP contribution in [0.5, 0.6) is 0 Å². The molecule has 0 N–H and O–H groups in total. The maximum atomic E-state index is 12.5.